The van der Waals surface area contributed by atoms with E-state index in [0.29, 0.717) is 6.54 Å². The van der Waals surface area contributed by atoms with Crippen molar-refractivity contribution in [3.63, 3.8) is 0 Å². The van der Waals surface area contributed by atoms with Gasteiger partial charge in [-0.2, -0.15) is 0 Å². The highest BCUT2D eigenvalue weighted by atomic mass is 32.1. The summed E-state index contributed by atoms with van der Waals surface area (Å²) in [6.45, 7) is 4.52. The van der Waals surface area contributed by atoms with Crippen LogP contribution >= 0.6 is 11.3 Å². The van der Waals surface area contributed by atoms with E-state index in [1.54, 1.807) is 11.3 Å². The van der Waals surface area contributed by atoms with Gasteiger partial charge in [-0.15, -0.1) is 11.3 Å². The SMILES string of the molecule is Cc1nc(CNC(=O)N2c3ccccc3CC2C)cs1. The number of para-hydroxylation sites is 1. The van der Waals surface area contributed by atoms with Crippen LogP contribution in [0, 0.1) is 6.92 Å². The molecular weight excluding hydrogens is 270 g/mol. The molecule has 0 saturated heterocycles. The number of hydrogen-bond donors (Lipinski definition) is 1. The molecule has 1 aliphatic rings. The van der Waals surface area contributed by atoms with E-state index >= 15 is 0 Å². The lowest BCUT2D eigenvalue weighted by atomic mass is 10.1. The van der Waals surface area contributed by atoms with Crippen LogP contribution in [0.15, 0.2) is 29.6 Å². The molecule has 4 nitrogen and oxygen atoms in total. The molecule has 20 heavy (non-hydrogen) atoms. The molecule has 0 fully saturated rings. The minimum atomic E-state index is -0.0481. The van der Waals surface area contributed by atoms with Gasteiger partial charge in [-0.3, -0.25) is 4.90 Å². The second-order valence-electron chi connectivity index (χ2n) is 5.07. The van der Waals surface area contributed by atoms with Gasteiger partial charge in [-0.25, -0.2) is 9.78 Å². The molecule has 0 radical (unpaired) electrons. The van der Waals surface area contributed by atoms with Crippen molar-refractivity contribution in [3.8, 4) is 0 Å². The van der Waals surface area contributed by atoms with Crippen LogP contribution in [0.25, 0.3) is 0 Å². The number of amides is 2. The van der Waals surface area contributed by atoms with E-state index in [0.717, 1.165) is 22.8 Å². The van der Waals surface area contributed by atoms with Gasteiger partial charge in [0, 0.05) is 17.1 Å². The maximum Gasteiger partial charge on any atom is 0.322 e. The Morgan fingerprint density at radius 1 is 1.50 bits per heavy atom. The molecule has 1 atom stereocenters. The Morgan fingerprint density at radius 2 is 2.30 bits per heavy atom. The van der Waals surface area contributed by atoms with E-state index in [2.05, 4.69) is 23.3 Å². The van der Waals surface area contributed by atoms with Gasteiger partial charge in [-0.1, -0.05) is 18.2 Å². The zero-order chi connectivity index (χ0) is 14.1. The molecule has 5 heteroatoms. The first-order valence-electron chi connectivity index (χ1n) is 6.71. The quantitative estimate of drug-likeness (QED) is 0.922. The summed E-state index contributed by atoms with van der Waals surface area (Å²) in [4.78, 5) is 18.6. The predicted octanol–water partition coefficient (Wildman–Crippen LogP) is 3.11. The number of nitrogens with zero attached hydrogens (tertiary/aromatic N) is 2. The highest BCUT2D eigenvalue weighted by Gasteiger charge is 2.30. The summed E-state index contributed by atoms with van der Waals surface area (Å²) in [6.07, 6.45) is 0.916. The summed E-state index contributed by atoms with van der Waals surface area (Å²) in [5.41, 5.74) is 3.17. The zero-order valence-electron chi connectivity index (χ0n) is 11.6. The molecule has 2 amide bonds. The van der Waals surface area contributed by atoms with E-state index in [1.807, 2.05) is 35.4 Å². The van der Waals surface area contributed by atoms with Gasteiger partial charge in [0.15, 0.2) is 0 Å². The molecule has 3 rings (SSSR count). The number of thiazole rings is 1. The number of urea groups is 1. The monoisotopic (exact) mass is 287 g/mol. The molecule has 0 bridgehead atoms. The number of anilines is 1. The third-order valence-corrected chi connectivity index (χ3v) is 4.34. The molecule has 2 aromatic rings. The van der Waals surface area contributed by atoms with Crippen LogP contribution in [0.5, 0.6) is 0 Å². The van der Waals surface area contributed by atoms with E-state index in [9.17, 15) is 4.79 Å². The summed E-state index contributed by atoms with van der Waals surface area (Å²) < 4.78 is 0. The van der Waals surface area contributed by atoms with Gasteiger partial charge in [0.2, 0.25) is 0 Å². The summed E-state index contributed by atoms with van der Waals surface area (Å²) in [7, 11) is 0. The average molecular weight is 287 g/mol. The van der Waals surface area contributed by atoms with Crippen molar-refractivity contribution in [1.82, 2.24) is 10.3 Å². The van der Waals surface area contributed by atoms with Gasteiger partial charge in [0.1, 0.15) is 0 Å². The first-order valence-corrected chi connectivity index (χ1v) is 7.59. The van der Waals surface area contributed by atoms with Gasteiger partial charge in [-0.05, 0) is 31.9 Å². The summed E-state index contributed by atoms with van der Waals surface area (Å²) in [5.74, 6) is 0. The Morgan fingerprint density at radius 3 is 3.05 bits per heavy atom. The maximum atomic E-state index is 12.4. The van der Waals surface area contributed by atoms with Crippen LogP contribution in [0.4, 0.5) is 10.5 Å². The molecule has 104 valence electrons. The standard InChI is InChI=1S/C15H17N3OS/c1-10-7-12-5-3-4-6-14(12)18(10)15(19)16-8-13-9-20-11(2)17-13/h3-6,9-10H,7-8H2,1-2H3,(H,16,19). The van der Waals surface area contributed by atoms with Crippen LogP contribution in [-0.4, -0.2) is 17.1 Å². The molecule has 2 heterocycles. The highest BCUT2D eigenvalue weighted by Crippen LogP contribution is 2.31. The van der Waals surface area contributed by atoms with Crippen molar-refractivity contribution in [2.75, 3.05) is 4.90 Å². The fourth-order valence-electron chi connectivity index (χ4n) is 2.62. The molecule has 1 aromatic heterocycles. The first kappa shape index (κ1) is 13.1. The van der Waals surface area contributed by atoms with Crippen molar-refractivity contribution in [2.24, 2.45) is 0 Å². The Hall–Kier alpha value is -1.88. The molecule has 1 N–H and O–H groups in total. The molecule has 0 spiro atoms. The van der Waals surface area contributed by atoms with Crippen LogP contribution in [0.1, 0.15) is 23.2 Å². The third-order valence-electron chi connectivity index (χ3n) is 3.51. The number of hydrogen-bond acceptors (Lipinski definition) is 3. The molecular formula is C15H17N3OS. The second kappa shape index (κ2) is 5.25. The lowest BCUT2D eigenvalue weighted by Gasteiger charge is -2.22. The minimum Gasteiger partial charge on any atom is -0.332 e. The molecule has 1 aromatic carbocycles. The molecule has 0 aliphatic carbocycles. The average Bonchev–Trinajstić information content (AvgIpc) is 2.98. The lowest BCUT2D eigenvalue weighted by molar-refractivity contribution is 0.244. The Labute approximate surface area is 122 Å². The Bertz CT molecular complexity index is 638. The maximum absolute atomic E-state index is 12.4. The largest absolute Gasteiger partial charge is 0.332 e. The van der Waals surface area contributed by atoms with Crippen LogP contribution in [0.3, 0.4) is 0 Å². The number of nitrogens with one attached hydrogen (secondary N) is 1. The van der Waals surface area contributed by atoms with Crippen molar-refractivity contribution in [2.45, 2.75) is 32.9 Å². The summed E-state index contributed by atoms with van der Waals surface area (Å²) in [5, 5.41) is 5.96. The first-order chi connectivity index (χ1) is 9.65. The van der Waals surface area contributed by atoms with Crippen molar-refractivity contribution < 1.29 is 4.79 Å². The van der Waals surface area contributed by atoms with Gasteiger partial charge < -0.3 is 5.32 Å². The lowest BCUT2D eigenvalue weighted by Crippen LogP contribution is -2.43. The van der Waals surface area contributed by atoms with Crippen molar-refractivity contribution in [3.05, 3.63) is 45.9 Å². The van der Waals surface area contributed by atoms with Gasteiger partial charge >= 0.3 is 6.03 Å². The third kappa shape index (κ3) is 2.41. The van der Waals surface area contributed by atoms with Gasteiger partial charge in [0.25, 0.3) is 0 Å². The summed E-state index contributed by atoms with van der Waals surface area (Å²) >= 11 is 1.60. The number of carbonyl (C=O) groups is 1. The van der Waals surface area contributed by atoms with Crippen molar-refractivity contribution >= 4 is 23.1 Å². The number of aromatic nitrogens is 1. The van der Waals surface area contributed by atoms with E-state index < -0.39 is 0 Å². The Balaban J connectivity index is 1.71. The number of fused-ring (bicyclic) bond motifs is 1. The fraction of sp³-hybridized carbons (Fsp3) is 0.333. The number of aryl methyl sites for hydroxylation is 1. The molecule has 0 saturated carbocycles. The fourth-order valence-corrected chi connectivity index (χ4v) is 3.23. The van der Waals surface area contributed by atoms with Crippen molar-refractivity contribution in [1.29, 1.82) is 0 Å². The van der Waals surface area contributed by atoms with Crippen LogP contribution in [0.2, 0.25) is 0 Å². The molecule has 1 aliphatic heterocycles. The van der Waals surface area contributed by atoms with E-state index in [4.69, 9.17) is 0 Å². The van der Waals surface area contributed by atoms with Crippen LogP contribution in [-0.2, 0) is 13.0 Å². The number of carbonyl (C=O) groups excluding carboxylic acids is 1. The Kier molecular flexibility index (Phi) is 3.44. The smallest absolute Gasteiger partial charge is 0.322 e. The second-order valence-corrected chi connectivity index (χ2v) is 6.13. The summed E-state index contributed by atoms with van der Waals surface area (Å²) in [6, 6.07) is 8.23. The number of benzene rings is 1. The molecule has 1 unspecified atom stereocenters. The number of rotatable bonds is 2. The van der Waals surface area contributed by atoms with Gasteiger partial charge in [0.05, 0.1) is 17.2 Å². The topological polar surface area (TPSA) is 45.2 Å². The minimum absolute atomic E-state index is 0.0481. The highest BCUT2D eigenvalue weighted by molar-refractivity contribution is 7.09. The van der Waals surface area contributed by atoms with E-state index in [1.165, 1.54) is 5.56 Å². The normalized spacial score (nSPS) is 17.1. The predicted molar refractivity (Wildman–Crippen MR) is 81.2 cm³/mol. The zero-order valence-corrected chi connectivity index (χ0v) is 12.4. The van der Waals surface area contributed by atoms with Crippen LogP contribution < -0.4 is 10.2 Å². The van der Waals surface area contributed by atoms with E-state index in [-0.39, 0.29) is 12.1 Å².